The zero-order chi connectivity index (χ0) is 23.5. The molecular weight excluding hydrogens is 428 g/mol. The van der Waals surface area contributed by atoms with E-state index < -0.39 is 0 Å². The SMILES string of the molecule is CCCNC(=O)N1CCN(c2ccc(-c3cc(-c4cnn(C)c4)cc4ncncc34)cn2)CC1. The highest BCUT2D eigenvalue weighted by molar-refractivity contribution is 5.97. The molecule has 0 bridgehead atoms. The first-order valence-corrected chi connectivity index (χ1v) is 11.6. The fourth-order valence-corrected chi connectivity index (χ4v) is 4.27. The Labute approximate surface area is 198 Å². The standard InChI is InChI=1S/C25H28N8O/c1-3-6-27-25(34)33-9-7-32(8-10-33)24-5-4-18(13-28-24)21-11-19(20-14-30-31(2)16-20)12-23-22(21)15-26-17-29-23/h4-5,11-17H,3,6-10H2,1-2H3,(H,27,34). The van der Waals surface area contributed by atoms with Crippen molar-refractivity contribution in [1.29, 1.82) is 0 Å². The molecule has 34 heavy (non-hydrogen) atoms. The summed E-state index contributed by atoms with van der Waals surface area (Å²) in [4.78, 5) is 29.8. The van der Waals surface area contributed by atoms with E-state index in [0.717, 1.165) is 58.5 Å². The van der Waals surface area contributed by atoms with Gasteiger partial charge in [-0.25, -0.2) is 19.7 Å². The molecular formula is C25H28N8O. The molecule has 1 aliphatic rings. The number of nitrogens with one attached hydrogen (secondary N) is 1. The van der Waals surface area contributed by atoms with Crippen molar-refractivity contribution in [2.45, 2.75) is 13.3 Å². The lowest BCUT2D eigenvalue weighted by atomic mass is 9.97. The number of aryl methyl sites for hydroxylation is 1. The summed E-state index contributed by atoms with van der Waals surface area (Å²) in [6, 6.07) is 8.38. The number of fused-ring (bicyclic) bond motifs is 1. The van der Waals surface area contributed by atoms with Gasteiger partial charge in [-0.1, -0.05) is 6.92 Å². The molecule has 0 radical (unpaired) electrons. The topological polar surface area (TPSA) is 92.1 Å². The predicted molar refractivity (Wildman–Crippen MR) is 132 cm³/mol. The Morgan fingerprint density at radius 2 is 1.85 bits per heavy atom. The van der Waals surface area contributed by atoms with E-state index in [0.29, 0.717) is 19.6 Å². The van der Waals surface area contributed by atoms with Crippen LogP contribution in [0.3, 0.4) is 0 Å². The third-order valence-electron chi connectivity index (χ3n) is 6.14. The summed E-state index contributed by atoms with van der Waals surface area (Å²) in [5.74, 6) is 0.918. The van der Waals surface area contributed by atoms with Gasteiger partial charge < -0.3 is 15.1 Å². The van der Waals surface area contributed by atoms with Gasteiger partial charge in [0.2, 0.25) is 0 Å². The number of urea groups is 1. The minimum absolute atomic E-state index is 0.0207. The summed E-state index contributed by atoms with van der Waals surface area (Å²) in [5, 5.41) is 8.24. The number of carbonyl (C=O) groups is 1. The number of rotatable bonds is 5. The van der Waals surface area contributed by atoms with Crippen molar-refractivity contribution in [1.82, 2.24) is 34.9 Å². The van der Waals surface area contributed by atoms with Crippen LogP contribution in [0, 0.1) is 0 Å². The number of aromatic nitrogens is 5. The number of hydrogen-bond donors (Lipinski definition) is 1. The van der Waals surface area contributed by atoms with Crippen LogP contribution in [0.1, 0.15) is 13.3 Å². The quantitative estimate of drug-likeness (QED) is 0.495. The maximum absolute atomic E-state index is 12.2. The fourth-order valence-electron chi connectivity index (χ4n) is 4.27. The van der Waals surface area contributed by atoms with E-state index in [1.54, 1.807) is 11.0 Å². The Kier molecular flexibility index (Phi) is 6.07. The maximum atomic E-state index is 12.2. The molecule has 0 aliphatic carbocycles. The number of pyridine rings is 1. The molecule has 9 heteroatoms. The lowest BCUT2D eigenvalue weighted by Crippen LogP contribution is -2.52. The zero-order valence-electron chi connectivity index (χ0n) is 19.5. The minimum Gasteiger partial charge on any atom is -0.353 e. The molecule has 1 fully saturated rings. The van der Waals surface area contributed by atoms with Crippen LogP contribution in [0.5, 0.6) is 0 Å². The van der Waals surface area contributed by atoms with Crippen molar-refractivity contribution in [2.75, 3.05) is 37.6 Å². The first-order chi connectivity index (χ1) is 16.6. The van der Waals surface area contributed by atoms with Crippen LogP contribution in [0.2, 0.25) is 0 Å². The van der Waals surface area contributed by atoms with Gasteiger partial charge in [0.15, 0.2) is 0 Å². The molecule has 4 heterocycles. The van der Waals surface area contributed by atoms with E-state index >= 15 is 0 Å². The highest BCUT2D eigenvalue weighted by Gasteiger charge is 2.21. The van der Waals surface area contributed by atoms with Crippen molar-refractivity contribution in [2.24, 2.45) is 7.05 Å². The van der Waals surface area contributed by atoms with Crippen LogP contribution in [-0.4, -0.2) is 68.4 Å². The van der Waals surface area contributed by atoms with Crippen molar-refractivity contribution >= 4 is 22.8 Å². The van der Waals surface area contributed by atoms with Crippen molar-refractivity contribution in [3.05, 3.63) is 55.4 Å². The lowest BCUT2D eigenvalue weighted by molar-refractivity contribution is 0.194. The van der Waals surface area contributed by atoms with E-state index in [4.69, 9.17) is 4.98 Å². The first-order valence-electron chi connectivity index (χ1n) is 11.6. The second-order valence-electron chi connectivity index (χ2n) is 8.49. The fraction of sp³-hybridized carbons (Fsp3) is 0.320. The highest BCUT2D eigenvalue weighted by atomic mass is 16.2. The summed E-state index contributed by atoms with van der Waals surface area (Å²) >= 11 is 0. The van der Waals surface area contributed by atoms with Crippen molar-refractivity contribution < 1.29 is 4.79 Å². The van der Waals surface area contributed by atoms with Gasteiger partial charge in [-0.15, -0.1) is 0 Å². The Morgan fingerprint density at radius 1 is 1.00 bits per heavy atom. The van der Waals surface area contributed by atoms with Gasteiger partial charge in [-0.05, 0) is 41.8 Å². The molecule has 0 unspecified atom stereocenters. The Hall–Kier alpha value is -4.01. The van der Waals surface area contributed by atoms with E-state index in [1.165, 1.54) is 0 Å². The Morgan fingerprint density at radius 3 is 2.56 bits per heavy atom. The summed E-state index contributed by atoms with van der Waals surface area (Å²) in [6.07, 6.45) is 10.1. The molecule has 174 valence electrons. The molecule has 1 aliphatic heterocycles. The van der Waals surface area contributed by atoms with E-state index in [-0.39, 0.29) is 6.03 Å². The van der Waals surface area contributed by atoms with Gasteiger partial charge in [0.1, 0.15) is 12.1 Å². The van der Waals surface area contributed by atoms with Gasteiger partial charge in [0, 0.05) is 74.9 Å². The normalized spacial score (nSPS) is 13.9. The Bertz CT molecular complexity index is 1290. The van der Waals surface area contributed by atoms with Crippen LogP contribution >= 0.6 is 0 Å². The number of anilines is 1. The van der Waals surface area contributed by atoms with Crippen LogP contribution in [0.25, 0.3) is 33.2 Å². The number of hydrogen-bond acceptors (Lipinski definition) is 6. The largest absolute Gasteiger partial charge is 0.353 e. The number of carbonyl (C=O) groups excluding carboxylic acids is 1. The third kappa shape index (κ3) is 4.41. The number of amides is 2. The average molecular weight is 457 g/mol. The lowest BCUT2D eigenvalue weighted by Gasteiger charge is -2.35. The van der Waals surface area contributed by atoms with E-state index in [1.807, 2.05) is 36.7 Å². The first kappa shape index (κ1) is 21.8. The summed E-state index contributed by atoms with van der Waals surface area (Å²) in [6.45, 7) is 5.67. The van der Waals surface area contributed by atoms with E-state index in [2.05, 4.69) is 56.5 Å². The van der Waals surface area contributed by atoms with Crippen LogP contribution < -0.4 is 10.2 Å². The average Bonchev–Trinajstić information content (AvgIpc) is 3.33. The number of benzene rings is 1. The molecule has 0 spiro atoms. The van der Waals surface area contributed by atoms with Gasteiger partial charge in [-0.3, -0.25) is 4.68 Å². The van der Waals surface area contributed by atoms with Crippen molar-refractivity contribution in [3.63, 3.8) is 0 Å². The molecule has 1 saturated heterocycles. The maximum Gasteiger partial charge on any atom is 0.317 e. The molecule has 0 atom stereocenters. The molecule has 4 aromatic rings. The summed E-state index contributed by atoms with van der Waals surface area (Å²) < 4.78 is 1.79. The zero-order valence-corrected chi connectivity index (χ0v) is 19.5. The van der Waals surface area contributed by atoms with Crippen LogP contribution in [-0.2, 0) is 7.05 Å². The Balaban J connectivity index is 1.38. The van der Waals surface area contributed by atoms with Crippen LogP contribution in [0.4, 0.5) is 10.6 Å². The van der Waals surface area contributed by atoms with Crippen molar-refractivity contribution in [3.8, 4) is 22.3 Å². The molecule has 0 saturated carbocycles. The minimum atomic E-state index is 0.0207. The second-order valence-corrected chi connectivity index (χ2v) is 8.49. The smallest absolute Gasteiger partial charge is 0.317 e. The monoisotopic (exact) mass is 456 g/mol. The molecule has 1 aromatic carbocycles. The van der Waals surface area contributed by atoms with Gasteiger partial charge in [0.25, 0.3) is 0 Å². The van der Waals surface area contributed by atoms with Crippen LogP contribution in [0.15, 0.2) is 55.4 Å². The molecule has 3 aromatic heterocycles. The van der Waals surface area contributed by atoms with Gasteiger partial charge in [0.05, 0.1) is 11.7 Å². The highest BCUT2D eigenvalue weighted by Crippen LogP contribution is 2.33. The van der Waals surface area contributed by atoms with Gasteiger partial charge in [-0.2, -0.15) is 5.10 Å². The second kappa shape index (κ2) is 9.46. The molecule has 2 amide bonds. The van der Waals surface area contributed by atoms with Gasteiger partial charge >= 0.3 is 6.03 Å². The number of piperazine rings is 1. The summed E-state index contributed by atoms with van der Waals surface area (Å²) in [5.41, 5.74) is 5.01. The van der Waals surface area contributed by atoms with E-state index in [9.17, 15) is 4.79 Å². The molecule has 5 rings (SSSR count). The molecule has 1 N–H and O–H groups in total. The summed E-state index contributed by atoms with van der Waals surface area (Å²) in [7, 11) is 1.91. The molecule has 9 nitrogen and oxygen atoms in total. The number of nitrogens with zero attached hydrogens (tertiary/aromatic N) is 7. The predicted octanol–water partition coefficient (Wildman–Crippen LogP) is 3.33. The third-order valence-corrected chi connectivity index (χ3v) is 6.14.